The highest BCUT2D eigenvalue weighted by molar-refractivity contribution is 6.31. The molecule has 158 valence electrons. The predicted octanol–water partition coefficient (Wildman–Crippen LogP) is 4.53. The summed E-state index contributed by atoms with van der Waals surface area (Å²) in [5, 5.41) is 8.09. The second kappa shape index (κ2) is 8.78. The summed E-state index contributed by atoms with van der Waals surface area (Å²) < 4.78 is 6.89. The van der Waals surface area contributed by atoms with Crippen LogP contribution in [0.1, 0.15) is 38.4 Å². The maximum Gasteiger partial charge on any atom is 0.257 e. The molecule has 4 rings (SSSR count). The standard InChI is InChI=1S/C24H23ClN4O2/c1-15-20(12-18-6-4-5-7-22(18)25)16(2)29-23(28-15)21(14-27-29)24(30)26-13-17-8-10-19(31-3)11-9-17/h4-11,14H,12-13H2,1-3H3,(H,26,30). The lowest BCUT2D eigenvalue weighted by Gasteiger charge is -2.12. The Balaban J connectivity index is 1.58. The van der Waals surface area contributed by atoms with E-state index in [0.717, 1.165) is 38.9 Å². The molecule has 0 radical (unpaired) electrons. The molecule has 0 unspecified atom stereocenters. The lowest BCUT2D eigenvalue weighted by atomic mass is 10.0. The quantitative estimate of drug-likeness (QED) is 0.484. The molecule has 7 heteroatoms. The first kappa shape index (κ1) is 20.9. The third-order valence-electron chi connectivity index (χ3n) is 5.39. The molecule has 0 saturated carbocycles. The molecule has 0 spiro atoms. The van der Waals surface area contributed by atoms with E-state index in [4.69, 9.17) is 21.3 Å². The van der Waals surface area contributed by atoms with Crippen LogP contribution in [-0.2, 0) is 13.0 Å². The number of rotatable bonds is 6. The number of ether oxygens (including phenoxy) is 1. The zero-order chi connectivity index (χ0) is 22.0. The number of carbonyl (C=O) groups excluding carboxylic acids is 1. The van der Waals surface area contributed by atoms with E-state index in [0.29, 0.717) is 24.2 Å². The molecular formula is C24H23ClN4O2. The second-order valence-corrected chi connectivity index (χ2v) is 7.76. The summed E-state index contributed by atoms with van der Waals surface area (Å²) in [4.78, 5) is 17.5. The average molecular weight is 435 g/mol. The molecular weight excluding hydrogens is 412 g/mol. The van der Waals surface area contributed by atoms with Crippen LogP contribution in [0.25, 0.3) is 5.65 Å². The summed E-state index contributed by atoms with van der Waals surface area (Å²) in [7, 11) is 1.62. The van der Waals surface area contributed by atoms with Gasteiger partial charge in [0.15, 0.2) is 5.65 Å². The minimum Gasteiger partial charge on any atom is -0.497 e. The van der Waals surface area contributed by atoms with Crippen molar-refractivity contribution in [3.05, 3.63) is 93.4 Å². The number of aromatic nitrogens is 3. The van der Waals surface area contributed by atoms with Crippen LogP contribution in [-0.4, -0.2) is 27.6 Å². The van der Waals surface area contributed by atoms with Crippen LogP contribution < -0.4 is 10.1 Å². The third-order valence-corrected chi connectivity index (χ3v) is 5.76. The van der Waals surface area contributed by atoms with Gasteiger partial charge in [-0.15, -0.1) is 0 Å². The van der Waals surface area contributed by atoms with Crippen molar-refractivity contribution in [1.82, 2.24) is 19.9 Å². The number of fused-ring (bicyclic) bond motifs is 1. The van der Waals surface area contributed by atoms with E-state index in [9.17, 15) is 4.79 Å². The van der Waals surface area contributed by atoms with Gasteiger partial charge in [0.25, 0.3) is 5.91 Å². The molecule has 0 bridgehead atoms. The number of benzene rings is 2. The van der Waals surface area contributed by atoms with Crippen molar-refractivity contribution in [2.75, 3.05) is 7.11 Å². The fraction of sp³-hybridized carbons (Fsp3) is 0.208. The number of carbonyl (C=O) groups is 1. The van der Waals surface area contributed by atoms with E-state index in [1.807, 2.05) is 62.4 Å². The topological polar surface area (TPSA) is 68.5 Å². The molecule has 4 aromatic rings. The van der Waals surface area contributed by atoms with Gasteiger partial charge in [0.1, 0.15) is 11.3 Å². The number of nitrogens with one attached hydrogen (secondary N) is 1. The van der Waals surface area contributed by atoms with Gasteiger partial charge >= 0.3 is 0 Å². The summed E-state index contributed by atoms with van der Waals surface area (Å²) in [6.07, 6.45) is 2.22. The lowest BCUT2D eigenvalue weighted by molar-refractivity contribution is 0.0952. The van der Waals surface area contributed by atoms with Gasteiger partial charge in [-0.1, -0.05) is 41.9 Å². The van der Waals surface area contributed by atoms with Gasteiger partial charge in [0.2, 0.25) is 0 Å². The van der Waals surface area contributed by atoms with Gasteiger partial charge in [0, 0.05) is 29.4 Å². The van der Waals surface area contributed by atoms with Crippen molar-refractivity contribution in [3.8, 4) is 5.75 Å². The first-order chi connectivity index (χ1) is 15.0. The monoisotopic (exact) mass is 434 g/mol. The molecule has 0 saturated heterocycles. The van der Waals surface area contributed by atoms with Crippen molar-refractivity contribution in [2.24, 2.45) is 0 Å². The Morgan fingerprint density at radius 2 is 1.87 bits per heavy atom. The molecule has 0 fully saturated rings. The predicted molar refractivity (Wildman–Crippen MR) is 121 cm³/mol. The van der Waals surface area contributed by atoms with Gasteiger partial charge in [-0.05, 0) is 48.7 Å². The highest BCUT2D eigenvalue weighted by atomic mass is 35.5. The lowest BCUT2D eigenvalue weighted by Crippen LogP contribution is -2.23. The Morgan fingerprint density at radius 3 is 2.58 bits per heavy atom. The summed E-state index contributed by atoms with van der Waals surface area (Å²) in [6.45, 7) is 4.34. The van der Waals surface area contributed by atoms with Crippen LogP contribution in [0.2, 0.25) is 5.02 Å². The van der Waals surface area contributed by atoms with Gasteiger partial charge in [0.05, 0.1) is 13.3 Å². The average Bonchev–Trinajstić information content (AvgIpc) is 3.20. The molecule has 2 heterocycles. The van der Waals surface area contributed by atoms with E-state index < -0.39 is 0 Å². The highest BCUT2D eigenvalue weighted by Crippen LogP contribution is 2.24. The Labute approximate surface area is 185 Å². The Hall–Kier alpha value is -3.38. The number of methoxy groups -OCH3 is 1. The molecule has 1 N–H and O–H groups in total. The third kappa shape index (κ3) is 4.25. The zero-order valence-electron chi connectivity index (χ0n) is 17.6. The molecule has 0 atom stereocenters. The molecule has 1 amide bonds. The van der Waals surface area contributed by atoms with E-state index >= 15 is 0 Å². The Kier molecular flexibility index (Phi) is 5.91. The van der Waals surface area contributed by atoms with Gasteiger partial charge < -0.3 is 10.1 Å². The van der Waals surface area contributed by atoms with Gasteiger partial charge in [-0.25, -0.2) is 9.50 Å². The number of halogens is 1. The summed E-state index contributed by atoms with van der Waals surface area (Å²) in [5.41, 5.74) is 5.85. The zero-order valence-corrected chi connectivity index (χ0v) is 18.4. The van der Waals surface area contributed by atoms with Crippen molar-refractivity contribution in [1.29, 1.82) is 0 Å². The van der Waals surface area contributed by atoms with E-state index in [2.05, 4.69) is 10.4 Å². The second-order valence-electron chi connectivity index (χ2n) is 7.35. The molecule has 0 aliphatic rings. The van der Waals surface area contributed by atoms with Gasteiger partial charge in [-0.3, -0.25) is 4.79 Å². The maximum absolute atomic E-state index is 12.8. The number of hydrogen-bond donors (Lipinski definition) is 1. The summed E-state index contributed by atoms with van der Waals surface area (Å²) >= 11 is 6.34. The minimum absolute atomic E-state index is 0.212. The van der Waals surface area contributed by atoms with Gasteiger partial charge in [-0.2, -0.15) is 5.10 Å². The van der Waals surface area contributed by atoms with Crippen LogP contribution in [0, 0.1) is 13.8 Å². The Bertz CT molecular complexity index is 1250. The molecule has 0 aliphatic carbocycles. The Morgan fingerprint density at radius 1 is 1.13 bits per heavy atom. The number of hydrogen-bond acceptors (Lipinski definition) is 4. The molecule has 6 nitrogen and oxygen atoms in total. The van der Waals surface area contributed by atoms with Crippen molar-refractivity contribution >= 4 is 23.2 Å². The minimum atomic E-state index is -0.212. The first-order valence-corrected chi connectivity index (χ1v) is 10.3. The SMILES string of the molecule is COc1ccc(CNC(=O)c2cnn3c(C)c(Cc4ccccc4Cl)c(C)nc23)cc1. The molecule has 2 aromatic heterocycles. The van der Waals surface area contributed by atoms with Crippen molar-refractivity contribution in [2.45, 2.75) is 26.8 Å². The van der Waals surface area contributed by atoms with E-state index in [-0.39, 0.29) is 5.91 Å². The summed E-state index contributed by atoms with van der Waals surface area (Å²) in [6, 6.07) is 15.3. The number of aryl methyl sites for hydroxylation is 2. The first-order valence-electron chi connectivity index (χ1n) is 9.96. The highest BCUT2D eigenvalue weighted by Gasteiger charge is 2.18. The van der Waals surface area contributed by atoms with Crippen LogP contribution in [0.3, 0.4) is 0 Å². The molecule has 0 aliphatic heterocycles. The van der Waals surface area contributed by atoms with Crippen molar-refractivity contribution < 1.29 is 9.53 Å². The molecule has 2 aromatic carbocycles. The van der Waals surface area contributed by atoms with E-state index in [1.165, 1.54) is 0 Å². The fourth-order valence-corrected chi connectivity index (χ4v) is 3.78. The van der Waals surface area contributed by atoms with Crippen LogP contribution >= 0.6 is 11.6 Å². The fourth-order valence-electron chi connectivity index (χ4n) is 3.58. The molecule has 31 heavy (non-hydrogen) atoms. The maximum atomic E-state index is 12.8. The smallest absolute Gasteiger partial charge is 0.257 e. The summed E-state index contributed by atoms with van der Waals surface area (Å²) in [5.74, 6) is 0.566. The van der Waals surface area contributed by atoms with Crippen LogP contribution in [0.4, 0.5) is 0 Å². The number of nitrogens with zero attached hydrogens (tertiary/aromatic N) is 3. The van der Waals surface area contributed by atoms with E-state index in [1.54, 1.807) is 17.8 Å². The van der Waals surface area contributed by atoms with Crippen LogP contribution in [0.15, 0.2) is 54.7 Å². The number of amides is 1. The van der Waals surface area contributed by atoms with Crippen molar-refractivity contribution in [3.63, 3.8) is 0 Å². The normalized spacial score (nSPS) is 11.0. The largest absolute Gasteiger partial charge is 0.497 e. The van der Waals surface area contributed by atoms with Crippen LogP contribution in [0.5, 0.6) is 5.75 Å².